The first kappa shape index (κ1) is 20.5. The lowest BCUT2D eigenvalue weighted by Crippen LogP contribution is -2.71. The highest BCUT2D eigenvalue weighted by molar-refractivity contribution is 5.97. The minimum Gasteiger partial charge on any atom is -0.394 e. The molecule has 3 atom stereocenters. The van der Waals surface area contributed by atoms with E-state index in [0.29, 0.717) is 19.4 Å². The first-order valence-electron chi connectivity index (χ1n) is 11.1. The molecule has 5 rings (SSSR count). The molecule has 162 valence electrons. The van der Waals surface area contributed by atoms with Crippen molar-refractivity contribution in [3.63, 3.8) is 0 Å². The number of fused-ring (bicyclic) bond motifs is 3. The third kappa shape index (κ3) is 3.59. The molecule has 0 saturated carbocycles. The molecule has 2 heterocycles. The molecule has 3 aromatic carbocycles. The van der Waals surface area contributed by atoms with Gasteiger partial charge < -0.3 is 14.9 Å². The largest absolute Gasteiger partial charge is 0.394 e. The molecule has 0 aromatic heterocycles. The van der Waals surface area contributed by atoms with Crippen molar-refractivity contribution >= 4 is 17.5 Å². The molecule has 32 heavy (non-hydrogen) atoms. The van der Waals surface area contributed by atoms with Crippen molar-refractivity contribution in [1.29, 1.82) is 0 Å². The highest BCUT2D eigenvalue weighted by Gasteiger charge is 2.54. The highest BCUT2D eigenvalue weighted by Crippen LogP contribution is 2.48. The van der Waals surface area contributed by atoms with Crippen LogP contribution in [0, 0.1) is 0 Å². The standard InChI is InChI=1S/C27H26N2O3/c30-18-24-27-21-13-7-8-14-22(21)28(25(31)15-19-9-3-1-4-10-19)17-23(27)29(24)26(32)16-20-11-5-2-6-12-20/h1-14,23-24,27,30H,15-18H2/t23-,24-,27+/m0/s1. The zero-order valence-electron chi connectivity index (χ0n) is 17.8. The van der Waals surface area contributed by atoms with Crippen LogP contribution in [-0.4, -0.2) is 47.1 Å². The van der Waals surface area contributed by atoms with E-state index in [4.69, 9.17) is 0 Å². The van der Waals surface area contributed by atoms with E-state index < -0.39 is 0 Å². The smallest absolute Gasteiger partial charge is 0.231 e. The summed E-state index contributed by atoms with van der Waals surface area (Å²) < 4.78 is 0. The Kier molecular flexibility index (Phi) is 5.50. The van der Waals surface area contributed by atoms with Gasteiger partial charge in [-0.15, -0.1) is 0 Å². The van der Waals surface area contributed by atoms with Crippen molar-refractivity contribution in [2.24, 2.45) is 0 Å². The summed E-state index contributed by atoms with van der Waals surface area (Å²) in [5, 5.41) is 10.1. The minimum absolute atomic E-state index is 0.00802. The van der Waals surface area contributed by atoms with Crippen LogP contribution in [0.25, 0.3) is 0 Å². The number of hydrogen-bond donors (Lipinski definition) is 1. The van der Waals surface area contributed by atoms with Gasteiger partial charge in [-0.2, -0.15) is 0 Å². The predicted octanol–water partition coefficient (Wildman–Crippen LogP) is 3.17. The topological polar surface area (TPSA) is 60.9 Å². The normalized spacial score (nSPS) is 21.3. The van der Waals surface area contributed by atoms with Crippen LogP contribution in [0.5, 0.6) is 0 Å². The van der Waals surface area contributed by atoms with E-state index in [9.17, 15) is 14.7 Å². The number of benzene rings is 3. The Morgan fingerprint density at radius 3 is 1.97 bits per heavy atom. The molecule has 0 aliphatic carbocycles. The van der Waals surface area contributed by atoms with Gasteiger partial charge in [0.1, 0.15) is 0 Å². The summed E-state index contributed by atoms with van der Waals surface area (Å²) in [7, 11) is 0. The maximum absolute atomic E-state index is 13.3. The van der Waals surface area contributed by atoms with Gasteiger partial charge >= 0.3 is 0 Å². The van der Waals surface area contributed by atoms with Gasteiger partial charge in [-0.3, -0.25) is 9.59 Å². The highest BCUT2D eigenvalue weighted by atomic mass is 16.3. The van der Waals surface area contributed by atoms with Gasteiger partial charge in [0, 0.05) is 18.2 Å². The molecular formula is C27H26N2O3. The Morgan fingerprint density at radius 2 is 1.34 bits per heavy atom. The molecule has 1 saturated heterocycles. The first-order chi connectivity index (χ1) is 15.7. The van der Waals surface area contributed by atoms with Gasteiger partial charge in [-0.1, -0.05) is 78.9 Å². The van der Waals surface area contributed by atoms with Crippen LogP contribution in [0.4, 0.5) is 5.69 Å². The summed E-state index contributed by atoms with van der Waals surface area (Å²) >= 11 is 0. The quantitative estimate of drug-likeness (QED) is 0.682. The van der Waals surface area contributed by atoms with Gasteiger partial charge in [-0.25, -0.2) is 0 Å². The van der Waals surface area contributed by atoms with Crippen LogP contribution in [0.3, 0.4) is 0 Å². The van der Waals surface area contributed by atoms with E-state index in [0.717, 1.165) is 22.4 Å². The summed E-state index contributed by atoms with van der Waals surface area (Å²) in [6.07, 6.45) is 0.605. The molecule has 2 aliphatic rings. The molecule has 0 radical (unpaired) electrons. The summed E-state index contributed by atoms with van der Waals surface area (Å²) in [6, 6.07) is 26.9. The third-order valence-corrected chi connectivity index (χ3v) is 6.67. The number of aliphatic hydroxyl groups is 1. The molecule has 5 heteroatoms. The number of nitrogens with zero attached hydrogens (tertiary/aromatic N) is 2. The van der Waals surface area contributed by atoms with Crippen molar-refractivity contribution in [3.8, 4) is 0 Å². The average molecular weight is 427 g/mol. The van der Waals surface area contributed by atoms with E-state index in [2.05, 4.69) is 0 Å². The van der Waals surface area contributed by atoms with Gasteiger partial charge in [0.2, 0.25) is 11.8 Å². The van der Waals surface area contributed by atoms with E-state index in [1.807, 2.05) is 89.8 Å². The third-order valence-electron chi connectivity index (χ3n) is 6.67. The second-order valence-electron chi connectivity index (χ2n) is 8.53. The second-order valence-corrected chi connectivity index (χ2v) is 8.53. The fourth-order valence-corrected chi connectivity index (χ4v) is 5.20. The fraction of sp³-hybridized carbons (Fsp3) is 0.259. The maximum Gasteiger partial charge on any atom is 0.231 e. The zero-order valence-corrected chi connectivity index (χ0v) is 17.8. The lowest BCUT2D eigenvalue weighted by molar-refractivity contribution is -0.150. The van der Waals surface area contributed by atoms with Crippen molar-refractivity contribution in [3.05, 3.63) is 102 Å². The van der Waals surface area contributed by atoms with Crippen molar-refractivity contribution in [1.82, 2.24) is 4.90 Å². The Bertz CT molecular complexity index is 1120. The van der Waals surface area contributed by atoms with E-state index in [-0.39, 0.29) is 36.4 Å². The number of para-hydroxylation sites is 1. The fourth-order valence-electron chi connectivity index (χ4n) is 5.20. The van der Waals surface area contributed by atoms with Crippen LogP contribution in [0.15, 0.2) is 84.9 Å². The molecule has 0 bridgehead atoms. The average Bonchev–Trinajstić information content (AvgIpc) is 2.80. The number of carbonyl (C=O) groups excluding carboxylic acids is 2. The van der Waals surface area contributed by atoms with Gasteiger partial charge in [0.05, 0.1) is 31.5 Å². The molecule has 1 fully saturated rings. The van der Waals surface area contributed by atoms with Crippen LogP contribution in [0.1, 0.15) is 22.6 Å². The monoisotopic (exact) mass is 426 g/mol. The van der Waals surface area contributed by atoms with Gasteiger partial charge in [0.15, 0.2) is 0 Å². The van der Waals surface area contributed by atoms with Crippen LogP contribution < -0.4 is 4.90 Å². The predicted molar refractivity (Wildman–Crippen MR) is 123 cm³/mol. The van der Waals surface area contributed by atoms with Crippen LogP contribution >= 0.6 is 0 Å². The Labute approximate surface area is 187 Å². The molecule has 2 amide bonds. The summed E-state index contributed by atoms with van der Waals surface area (Å²) in [5.41, 5.74) is 3.85. The first-order valence-corrected chi connectivity index (χ1v) is 11.1. The summed E-state index contributed by atoms with van der Waals surface area (Å²) in [4.78, 5) is 30.1. The van der Waals surface area contributed by atoms with E-state index in [1.165, 1.54) is 0 Å². The number of carbonyl (C=O) groups is 2. The molecule has 0 spiro atoms. The minimum atomic E-state index is -0.260. The molecule has 0 unspecified atom stereocenters. The Morgan fingerprint density at radius 1 is 0.781 bits per heavy atom. The number of amides is 2. The number of likely N-dealkylation sites (tertiary alicyclic amines) is 1. The van der Waals surface area contributed by atoms with Crippen molar-refractivity contribution < 1.29 is 14.7 Å². The van der Waals surface area contributed by atoms with Gasteiger partial charge in [0.25, 0.3) is 0 Å². The number of aliphatic hydroxyl groups excluding tert-OH is 1. The second kappa shape index (κ2) is 8.60. The molecular weight excluding hydrogens is 400 g/mol. The lowest BCUT2D eigenvalue weighted by Gasteiger charge is -2.59. The van der Waals surface area contributed by atoms with Crippen LogP contribution in [0.2, 0.25) is 0 Å². The zero-order chi connectivity index (χ0) is 22.1. The van der Waals surface area contributed by atoms with Crippen molar-refractivity contribution in [2.45, 2.75) is 30.8 Å². The molecule has 1 N–H and O–H groups in total. The van der Waals surface area contributed by atoms with Crippen LogP contribution in [-0.2, 0) is 22.4 Å². The molecule has 5 nitrogen and oxygen atoms in total. The maximum atomic E-state index is 13.3. The lowest BCUT2D eigenvalue weighted by atomic mass is 9.71. The SMILES string of the molecule is O=C(Cc1ccccc1)N1C[C@H]2[C@@H](c3ccccc31)[C@H](CO)N2C(=O)Cc1ccccc1. The molecule has 2 aliphatic heterocycles. The summed E-state index contributed by atoms with van der Waals surface area (Å²) in [5.74, 6) is 0.0491. The number of anilines is 1. The Hall–Kier alpha value is -3.44. The number of rotatable bonds is 5. The number of hydrogen-bond acceptors (Lipinski definition) is 3. The van der Waals surface area contributed by atoms with E-state index >= 15 is 0 Å². The van der Waals surface area contributed by atoms with Gasteiger partial charge in [-0.05, 0) is 22.8 Å². The van der Waals surface area contributed by atoms with Crippen molar-refractivity contribution in [2.75, 3.05) is 18.1 Å². The van der Waals surface area contributed by atoms with E-state index in [1.54, 1.807) is 4.90 Å². The Balaban J connectivity index is 1.43. The summed E-state index contributed by atoms with van der Waals surface area (Å²) in [6.45, 7) is 0.359. The molecule has 3 aromatic rings.